The van der Waals surface area contributed by atoms with Gasteiger partial charge in [-0.2, -0.15) is 13.2 Å². The van der Waals surface area contributed by atoms with E-state index in [9.17, 15) is 22.8 Å². The highest BCUT2D eigenvalue weighted by Gasteiger charge is 2.33. The lowest BCUT2D eigenvalue weighted by Gasteiger charge is -2.41. The minimum absolute atomic E-state index is 0.135. The molecule has 0 saturated carbocycles. The fraction of sp³-hybridized carbons (Fsp3) is 0.455. The summed E-state index contributed by atoms with van der Waals surface area (Å²) < 4.78 is 38.8. The third kappa shape index (κ3) is 7.21. The summed E-state index contributed by atoms with van der Waals surface area (Å²) in [4.78, 5) is 31.6. The smallest absolute Gasteiger partial charge is 0.339 e. The molecule has 41 heavy (non-hydrogen) atoms. The number of urea groups is 1. The van der Waals surface area contributed by atoms with Gasteiger partial charge < -0.3 is 14.7 Å². The van der Waals surface area contributed by atoms with Crippen molar-refractivity contribution in [3.05, 3.63) is 82.9 Å². The van der Waals surface area contributed by atoms with Gasteiger partial charge in [0.2, 0.25) is 5.91 Å². The molecule has 0 aliphatic carbocycles. The molecule has 5 nitrogen and oxygen atoms in total. The third-order valence-electron chi connectivity index (χ3n) is 8.86. The van der Waals surface area contributed by atoms with Crippen LogP contribution in [0.2, 0.25) is 0 Å². The number of hydrogen-bond acceptors (Lipinski definition) is 2. The number of aryl methyl sites for hydroxylation is 1. The first-order chi connectivity index (χ1) is 19.7. The molecule has 2 saturated heterocycles. The fourth-order valence-corrected chi connectivity index (χ4v) is 6.32. The Morgan fingerprint density at radius 3 is 2.05 bits per heavy atom. The summed E-state index contributed by atoms with van der Waals surface area (Å²) in [6, 6.07) is 13.7. The summed E-state index contributed by atoms with van der Waals surface area (Å²) in [7, 11) is 0. The molecule has 0 radical (unpaired) electrons. The van der Waals surface area contributed by atoms with E-state index in [1.807, 2.05) is 9.80 Å². The van der Waals surface area contributed by atoms with Crippen LogP contribution in [0.4, 0.5) is 18.0 Å². The summed E-state index contributed by atoms with van der Waals surface area (Å²) in [5.41, 5.74) is 3.43. The maximum atomic E-state index is 13.2. The predicted octanol–water partition coefficient (Wildman–Crippen LogP) is 6.89. The normalized spacial score (nSPS) is 19.5. The van der Waals surface area contributed by atoms with E-state index in [-0.39, 0.29) is 11.9 Å². The van der Waals surface area contributed by atoms with Crippen molar-refractivity contribution >= 4 is 23.6 Å². The topological polar surface area (TPSA) is 43.9 Å². The molecule has 3 amide bonds. The lowest BCUT2D eigenvalue weighted by atomic mass is 9.79. The van der Waals surface area contributed by atoms with Crippen molar-refractivity contribution in [3.63, 3.8) is 0 Å². The Balaban J connectivity index is 1.05. The molecule has 0 atom stereocenters. The zero-order valence-corrected chi connectivity index (χ0v) is 23.6. The van der Waals surface area contributed by atoms with E-state index in [2.05, 4.69) is 37.3 Å². The number of piperidine rings is 2. The first-order valence-electron chi connectivity index (χ1n) is 14.6. The van der Waals surface area contributed by atoms with Crippen LogP contribution in [-0.2, 0) is 11.0 Å². The van der Waals surface area contributed by atoms with Gasteiger partial charge in [0.05, 0.1) is 5.56 Å². The van der Waals surface area contributed by atoms with Crippen molar-refractivity contribution in [2.45, 2.75) is 45.2 Å². The summed E-state index contributed by atoms with van der Waals surface area (Å²) >= 11 is 0. The second-order valence-electron chi connectivity index (χ2n) is 11.5. The van der Waals surface area contributed by atoms with Crippen LogP contribution in [-0.4, -0.2) is 65.9 Å². The van der Waals surface area contributed by atoms with Crippen molar-refractivity contribution in [1.82, 2.24) is 14.7 Å². The molecular weight excluding hydrogens is 527 g/mol. The molecular formula is C33H38F3N3O2. The number of halogens is 3. The first-order valence-corrected chi connectivity index (χ1v) is 14.6. The van der Waals surface area contributed by atoms with Crippen LogP contribution >= 0.6 is 0 Å². The number of carbonyl (C=O) groups excluding carboxylic acids is 2. The first kappa shape index (κ1) is 29.0. The number of rotatable bonds is 4. The lowest BCUT2D eigenvalue weighted by Crippen LogP contribution is -2.49. The standard InChI is InChI=1S/C33H38F3N3O2/c1-24-5-8-26(9-6-24)27-13-19-38(20-14-27)32(41)39-21-15-29(16-22-39)28-11-17-37(18-12-28)31(40)10-7-25-3-2-4-30(23-25)33(34,35)36/h2-10,13,23,28-29H,11-12,14-22H2,1H3. The molecule has 2 fully saturated rings. The van der Waals surface area contributed by atoms with Gasteiger partial charge >= 0.3 is 12.2 Å². The Bertz CT molecular complexity index is 1290. The summed E-state index contributed by atoms with van der Waals surface area (Å²) in [6.45, 7) is 6.32. The number of likely N-dealkylation sites (tertiary alicyclic amines) is 2. The summed E-state index contributed by atoms with van der Waals surface area (Å²) in [5, 5.41) is 0. The Morgan fingerprint density at radius 2 is 1.46 bits per heavy atom. The van der Waals surface area contributed by atoms with E-state index in [1.165, 1.54) is 34.9 Å². The molecule has 8 heteroatoms. The monoisotopic (exact) mass is 565 g/mol. The maximum absolute atomic E-state index is 13.2. The molecule has 2 aromatic carbocycles. The predicted molar refractivity (Wildman–Crippen MR) is 155 cm³/mol. The number of benzene rings is 2. The minimum atomic E-state index is -4.41. The minimum Gasteiger partial charge on any atom is -0.339 e. The maximum Gasteiger partial charge on any atom is 0.416 e. The Labute approximate surface area is 240 Å². The molecule has 0 spiro atoms. The number of carbonyl (C=O) groups is 2. The van der Waals surface area contributed by atoms with E-state index in [0.29, 0.717) is 37.0 Å². The van der Waals surface area contributed by atoms with Crippen molar-refractivity contribution in [1.29, 1.82) is 0 Å². The highest BCUT2D eigenvalue weighted by atomic mass is 19.4. The Morgan fingerprint density at radius 1 is 0.829 bits per heavy atom. The van der Waals surface area contributed by atoms with Crippen LogP contribution in [0, 0.1) is 18.8 Å². The fourth-order valence-electron chi connectivity index (χ4n) is 6.32. The lowest BCUT2D eigenvalue weighted by molar-refractivity contribution is -0.137. The van der Waals surface area contributed by atoms with Gasteiger partial charge in [-0.3, -0.25) is 4.79 Å². The average Bonchev–Trinajstić information content (AvgIpc) is 3.00. The molecule has 5 rings (SSSR count). The molecule has 0 aromatic heterocycles. The van der Waals surface area contributed by atoms with Crippen LogP contribution in [0.25, 0.3) is 11.6 Å². The molecule has 0 N–H and O–H groups in total. The largest absolute Gasteiger partial charge is 0.416 e. The van der Waals surface area contributed by atoms with Gasteiger partial charge in [0, 0.05) is 45.3 Å². The van der Waals surface area contributed by atoms with Crippen LogP contribution in [0.1, 0.15) is 54.4 Å². The zero-order valence-electron chi connectivity index (χ0n) is 23.6. The molecule has 3 aliphatic heterocycles. The van der Waals surface area contributed by atoms with Gasteiger partial charge in [0.15, 0.2) is 0 Å². The Hall–Kier alpha value is -3.55. The Kier molecular flexibility index (Phi) is 8.85. The molecule has 218 valence electrons. The number of nitrogens with zero attached hydrogens (tertiary/aromatic N) is 3. The van der Waals surface area contributed by atoms with Gasteiger partial charge in [-0.15, -0.1) is 0 Å². The van der Waals surface area contributed by atoms with E-state index in [0.717, 1.165) is 63.9 Å². The van der Waals surface area contributed by atoms with Crippen LogP contribution in [0.15, 0.2) is 60.7 Å². The van der Waals surface area contributed by atoms with Crippen molar-refractivity contribution in [2.75, 3.05) is 39.3 Å². The number of hydrogen-bond donors (Lipinski definition) is 0. The van der Waals surface area contributed by atoms with Crippen molar-refractivity contribution in [3.8, 4) is 0 Å². The van der Waals surface area contributed by atoms with E-state index >= 15 is 0 Å². The van der Waals surface area contributed by atoms with E-state index in [4.69, 9.17) is 0 Å². The molecule has 0 unspecified atom stereocenters. The van der Waals surface area contributed by atoms with Gasteiger partial charge in [-0.25, -0.2) is 4.79 Å². The zero-order chi connectivity index (χ0) is 29.0. The van der Waals surface area contributed by atoms with Gasteiger partial charge in [-0.05, 0) is 85.8 Å². The van der Waals surface area contributed by atoms with Gasteiger partial charge in [-0.1, -0.05) is 48.0 Å². The quantitative estimate of drug-likeness (QED) is 0.379. The van der Waals surface area contributed by atoms with Crippen LogP contribution < -0.4 is 0 Å². The third-order valence-corrected chi connectivity index (χ3v) is 8.86. The van der Waals surface area contributed by atoms with Crippen molar-refractivity contribution in [2.24, 2.45) is 11.8 Å². The summed E-state index contributed by atoms with van der Waals surface area (Å²) in [5.74, 6) is 0.910. The molecule has 0 bridgehead atoms. The van der Waals surface area contributed by atoms with Gasteiger partial charge in [0.25, 0.3) is 0 Å². The van der Waals surface area contributed by atoms with Gasteiger partial charge in [0.1, 0.15) is 0 Å². The molecule has 3 aliphatic rings. The highest BCUT2D eigenvalue weighted by molar-refractivity contribution is 5.91. The van der Waals surface area contributed by atoms with Crippen LogP contribution in [0.5, 0.6) is 0 Å². The molecule has 3 heterocycles. The second-order valence-corrected chi connectivity index (χ2v) is 11.5. The number of alkyl halides is 3. The van der Waals surface area contributed by atoms with E-state index < -0.39 is 11.7 Å². The highest BCUT2D eigenvalue weighted by Crippen LogP contribution is 2.34. The van der Waals surface area contributed by atoms with Crippen LogP contribution in [0.3, 0.4) is 0 Å². The number of amides is 3. The second kappa shape index (κ2) is 12.5. The van der Waals surface area contributed by atoms with Crippen molar-refractivity contribution < 1.29 is 22.8 Å². The summed E-state index contributed by atoms with van der Waals surface area (Å²) in [6.07, 6.45) is 5.28. The average molecular weight is 566 g/mol. The molecule has 2 aromatic rings. The van der Waals surface area contributed by atoms with E-state index in [1.54, 1.807) is 11.0 Å². The SMILES string of the molecule is Cc1ccc(C2=CCN(C(=O)N3CCC(C4CCN(C(=O)C=Cc5cccc(C(F)(F)F)c5)CC4)CC3)CC2)cc1.